The summed E-state index contributed by atoms with van der Waals surface area (Å²) < 4.78 is 0. The summed E-state index contributed by atoms with van der Waals surface area (Å²) in [5.74, 6) is 0.703. The van der Waals surface area contributed by atoms with Crippen LogP contribution >= 0.6 is 0 Å². The molecule has 0 saturated heterocycles. The molecule has 0 aliphatic carbocycles. The summed E-state index contributed by atoms with van der Waals surface area (Å²) in [6.45, 7) is 7.35. The fourth-order valence-corrected chi connectivity index (χ4v) is 3.15. The van der Waals surface area contributed by atoms with Crippen LogP contribution in [0.25, 0.3) is 22.3 Å². The maximum absolute atomic E-state index is 10.9. The molecule has 3 aromatic carbocycles. The minimum Gasteiger partial charge on any atom is -0.507 e. The molecule has 1 radical (unpaired) electrons. The lowest BCUT2D eigenvalue weighted by Crippen LogP contribution is -1.89. The van der Waals surface area contributed by atoms with E-state index < -0.39 is 0 Å². The molecule has 0 spiro atoms. The van der Waals surface area contributed by atoms with Crippen LogP contribution in [0.5, 0.6) is 17.2 Å². The molecule has 0 bridgehead atoms. The van der Waals surface area contributed by atoms with Crippen LogP contribution < -0.4 is 0 Å². The zero-order valence-corrected chi connectivity index (χ0v) is 14.8. The van der Waals surface area contributed by atoms with Crippen LogP contribution in [-0.4, -0.2) is 15.3 Å². The molecule has 0 atom stereocenters. The highest BCUT2D eigenvalue weighted by Gasteiger charge is 2.14. The van der Waals surface area contributed by atoms with Gasteiger partial charge in [0.15, 0.2) is 0 Å². The van der Waals surface area contributed by atoms with Crippen LogP contribution in [0.4, 0.5) is 0 Å². The van der Waals surface area contributed by atoms with Crippen LogP contribution in [0.2, 0.25) is 0 Å². The lowest BCUT2D eigenvalue weighted by atomic mass is 9.93. The average molecular weight is 333 g/mol. The van der Waals surface area contributed by atoms with Gasteiger partial charge in [-0.25, -0.2) is 0 Å². The van der Waals surface area contributed by atoms with Gasteiger partial charge in [-0.05, 0) is 104 Å². The SMILES string of the molecule is Cc1cc(-c2c[c]cc(-c3cc(C)c(O)c(C)c3)c2O)cc(C)c1O. The molecule has 3 N–H and O–H groups in total. The van der Waals surface area contributed by atoms with Gasteiger partial charge in [0.1, 0.15) is 17.2 Å². The van der Waals surface area contributed by atoms with E-state index in [1.165, 1.54) is 0 Å². The maximum atomic E-state index is 10.9. The van der Waals surface area contributed by atoms with Gasteiger partial charge >= 0.3 is 0 Å². The van der Waals surface area contributed by atoms with Crippen LogP contribution in [0.15, 0.2) is 36.4 Å². The van der Waals surface area contributed by atoms with Gasteiger partial charge in [0, 0.05) is 11.1 Å². The van der Waals surface area contributed by atoms with Gasteiger partial charge in [0.2, 0.25) is 0 Å². The minimum atomic E-state index is 0.160. The van der Waals surface area contributed by atoms with E-state index in [1.807, 2.05) is 52.0 Å². The summed E-state index contributed by atoms with van der Waals surface area (Å²) in [6.07, 6.45) is 0. The molecule has 3 nitrogen and oxygen atoms in total. The molecule has 0 aromatic heterocycles. The number of phenols is 3. The van der Waals surface area contributed by atoms with Gasteiger partial charge in [0.25, 0.3) is 0 Å². The van der Waals surface area contributed by atoms with Crippen molar-refractivity contribution in [2.45, 2.75) is 27.7 Å². The predicted molar refractivity (Wildman–Crippen MR) is 100 cm³/mol. The Balaban J connectivity index is 2.19. The number of hydrogen-bond donors (Lipinski definition) is 3. The highest BCUT2D eigenvalue weighted by Crippen LogP contribution is 2.41. The third-order valence-electron chi connectivity index (χ3n) is 4.57. The highest BCUT2D eigenvalue weighted by atomic mass is 16.3. The van der Waals surface area contributed by atoms with Crippen molar-refractivity contribution in [1.29, 1.82) is 0 Å². The van der Waals surface area contributed by atoms with Crippen LogP contribution in [0.1, 0.15) is 22.3 Å². The number of rotatable bonds is 2. The molecule has 3 rings (SSSR count). The normalized spacial score (nSPS) is 10.9. The van der Waals surface area contributed by atoms with Gasteiger partial charge < -0.3 is 15.3 Å². The Morgan fingerprint density at radius 3 is 1.20 bits per heavy atom. The maximum Gasteiger partial charge on any atom is 0.131 e. The molecule has 0 aliphatic rings. The van der Waals surface area contributed by atoms with Crippen LogP contribution in [-0.2, 0) is 0 Å². The second kappa shape index (κ2) is 6.17. The summed E-state index contributed by atoms with van der Waals surface area (Å²) in [4.78, 5) is 0. The Morgan fingerprint density at radius 1 is 0.560 bits per heavy atom. The Morgan fingerprint density at radius 2 is 0.880 bits per heavy atom. The number of hydrogen-bond acceptors (Lipinski definition) is 3. The molecule has 0 saturated carbocycles. The van der Waals surface area contributed by atoms with Gasteiger partial charge in [-0.2, -0.15) is 0 Å². The van der Waals surface area contributed by atoms with Crippen molar-refractivity contribution in [3.63, 3.8) is 0 Å². The van der Waals surface area contributed by atoms with Crippen molar-refractivity contribution in [2.24, 2.45) is 0 Å². The molecule has 0 unspecified atom stereocenters. The fraction of sp³-hybridized carbons (Fsp3) is 0.182. The molecule has 0 fully saturated rings. The molecular formula is C22H21O3. The first-order valence-corrected chi connectivity index (χ1v) is 8.13. The third-order valence-corrected chi connectivity index (χ3v) is 4.57. The first-order valence-electron chi connectivity index (χ1n) is 8.13. The van der Waals surface area contributed by atoms with Crippen molar-refractivity contribution in [1.82, 2.24) is 0 Å². The Bertz CT molecular complexity index is 849. The van der Waals surface area contributed by atoms with Crippen molar-refractivity contribution in [2.75, 3.05) is 0 Å². The first kappa shape index (κ1) is 16.9. The van der Waals surface area contributed by atoms with Crippen molar-refractivity contribution < 1.29 is 15.3 Å². The van der Waals surface area contributed by atoms with E-state index >= 15 is 0 Å². The van der Waals surface area contributed by atoms with Gasteiger partial charge in [-0.3, -0.25) is 0 Å². The Hall–Kier alpha value is -2.94. The second-order valence-electron chi connectivity index (χ2n) is 6.55. The standard InChI is InChI=1S/C22H21O3/c1-12-8-16(9-13(2)20(12)23)18-6-5-7-19(22(18)25)17-10-14(3)21(24)15(4)11-17/h6-11,23-25H,1-4H3. The third kappa shape index (κ3) is 2.93. The monoisotopic (exact) mass is 333 g/mol. The van der Waals surface area contributed by atoms with E-state index in [9.17, 15) is 15.3 Å². The zero-order chi connectivity index (χ0) is 18.3. The predicted octanol–water partition coefficient (Wildman–Crippen LogP) is 5.17. The van der Waals surface area contributed by atoms with Gasteiger partial charge in [0.05, 0.1) is 0 Å². The fourth-order valence-electron chi connectivity index (χ4n) is 3.15. The summed E-state index contributed by atoms with van der Waals surface area (Å²) in [7, 11) is 0. The van der Waals surface area contributed by atoms with E-state index in [2.05, 4.69) is 6.07 Å². The highest BCUT2D eigenvalue weighted by molar-refractivity contribution is 5.83. The van der Waals surface area contributed by atoms with Crippen molar-refractivity contribution >= 4 is 0 Å². The lowest BCUT2D eigenvalue weighted by molar-refractivity contribution is 0.466. The van der Waals surface area contributed by atoms with E-state index in [0.717, 1.165) is 33.4 Å². The van der Waals surface area contributed by atoms with Gasteiger partial charge in [-0.1, -0.05) is 0 Å². The average Bonchev–Trinajstić information content (AvgIpc) is 2.57. The van der Waals surface area contributed by atoms with Gasteiger partial charge in [-0.15, -0.1) is 0 Å². The molecule has 3 aromatic rings. The zero-order valence-electron chi connectivity index (χ0n) is 14.8. The topological polar surface area (TPSA) is 60.7 Å². The quantitative estimate of drug-likeness (QED) is 0.606. The molecule has 25 heavy (non-hydrogen) atoms. The number of benzene rings is 3. The summed E-state index contributed by atoms with van der Waals surface area (Å²) in [6, 6.07) is 14.0. The molecule has 3 heteroatoms. The number of aromatic hydroxyl groups is 3. The summed E-state index contributed by atoms with van der Waals surface area (Å²) in [5, 5.41) is 30.8. The molecule has 0 amide bonds. The van der Waals surface area contributed by atoms with E-state index in [1.54, 1.807) is 12.1 Å². The Kier molecular flexibility index (Phi) is 4.17. The minimum absolute atomic E-state index is 0.160. The van der Waals surface area contributed by atoms with Crippen LogP contribution in [0, 0.1) is 33.8 Å². The van der Waals surface area contributed by atoms with Crippen molar-refractivity contribution in [3.8, 4) is 39.5 Å². The van der Waals surface area contributed by atoms with E-state index in [-0.39, 0.29) is 17.2 Å². The molecule has 0 heterocycles. The summed E-state index contributed by atoms with van der Waals surface area (Å²) >= 11 is 0. The largest absolute Gasteiger partial charge is 0.507 e. The Labute approximate surface area is 147 Å². The molecule has 127 valence electrons. The first-order chi connectivity index (χ1) is 11.8. The van der Waals surface area contributed by atoms with Crippen LogP contribution in [0.3, 0.4) is 0 Å². The summed E-state index contributed by atoms with van der Waals surface area (Å²) in [5.41, 5.74) is 6.02. The molecule has 0 aliphatic heterocycles. The second-order valence-corrected chi connectivity index (χ2v) is 6.55. The smallest absolute Gasteiger partial charge is 0.131 e. The van der Waals surface area contributed by atoms with Crippen molar-refractivity contribution in [3.05, 3.63) is 64.7 Å². The lowest BCUT2D eigenvalue weighted by Gasteiger charge is -2.14. The number of aryl methyl sites for hydroxylation is 4. The van der Waals surface area contributed by atoms with E-state index in [0.29, 0.717) is 11.1 Å². The molecular weight excluding hydrogens is 312 g/mol. The van der Waals surface area contributed by atoms with E-state index in [4.69, 9.17) is 0 Å². The number of phenolic OH excluding ortho intramolecular Hbond substituents is 3.